The van der Waals surface area contributed by atoms with E-state index in [2.05, 4.69) is 15.6 Å². The highest BCUT2D eigenvalue weighted by Gasteiger charge is 2.15. The maximum atomic E-state index is 12.4. The Hall–Kier alpha value is -3.61. The van der Waals surface area contributed by atoms with E-state index in [1.807, 2.05) is 19.0 Å². The van der Waals surface area contributed by atoms with Gasteiger partial charge in [-0.05, 0) is 36.4 Å². The first-order chi connectivity index (χ1) is 12.9. The van der Waals surface area contributed by atoms with Crippen LogP contribution in [0.5, 0.6) is 0 Å². The van der Waals surface area contributed by atoms with Gasteiger partial charge in [-0.3, -0.25) is 20.4 Å². The number of esters is 1. The Kier molecular flexibility index (Phi) is 6.71. The number of nitrogens with one attached hydrogen (secondary N) is 2. The molecule has 2 N–H and O–H groups in total. The number of carbonyl (C=O) groups is 3. The van der Waals surface area contributed by atoms with Gasteiger partial charge in [0.15, 0.2) is 5.78 Å². The number of nitrogens with zero attached hydrogens (tertiary/aromatic N) is 1. The predicted octanol–water partition coefficient (Wildman–Crippen LogP) is 1.93. The van der Waals surface area contributed by atoms with Crippen molar-refractivity contribution in [1.29, 1.82) is 0 Å². The second kappa shape index (κ2) is 9.19. The van der Waals surface area contributed by atoms with Gasteiger partial charge in [0.25, 0.3) is 5.91 Å². The number of hydrogen-bond acceptors (Lipinski definition) is 6. The molecular formula is C20H21N3O4. The summed E-state index contributed by atoms with van der Waals surface area (Å²) < 4.78 is 4.66. The highest BCUT2D eigenvalue weighted by Crippen LogP contribution is 2.13. The molecule has 0 spiro atoms. The van der Waals surface area contributed by atoms with E-state index in [-0.39, 0.29) is 5.70 Å². The lowest BCUT2D eigenvalue weighted by atomic mass is 10.1. The molecule has 0 aromatic heterocycles. The Morgan fingerprint density at radius 2 is 1.52 bits per heavy atom. The number of ether oxygens (including phenoxy) is 1. The quantitative estimate of drug-likeness (QED) is 0.337. The van der Waals surface area contributed by atoms with Crippen molar-refractivity contribution in [2.24, 2.45) is 0 Å². The summed E-state index contributed by atoms with van der Waals surface area (Å²) in [6.45, 7) is 0. The molecule has 0 radical (unpaired) electrons. The van der Waals surface area contributed by atoms with Crippen LogP contribution in [0.4, 0.5) is 5.69 Å². The second-order valence-electron chi connectivity index (χ2n) is 5.80. The summed E-state index contributed by atoms with van der Waals surface area (Å²) in [6.07, 6.45) is 1.09. The van der Waals surface area contributed by atoms with Crippen molar-refractivity contribution in [3.8, 4) is 0 Å². The number of benzene rings is 2. The van der Waals surface area contributed by atoms with Crippen molar-refractivity contribution in [3.05, 3.63) is 77.5 Å². The highest BCUT2D eigenvalue weighted by molar-refractivity contribution is 6.08. The standard InChI is InChI=1S/C20H21N3O4/c1-23(2)16-11-9-14(10-12-16)18(24)13-17(20(26)27-3)21-22-19(25)15-7-5-4-6-8-15/h4-13,21H,1-3H3,(H,22,25)/b17-13+. The van der Waals surface area contributed by atoms with Crippen LogP contribution in [-0.4, -0.2) is 38.9 Å². The minimum absolute atomic E-state index is 0.177. The van der Waals surface area contributed by atoms with E-state index in [1.54, 1.807) is 54.6 Å². The fourth-order valence-electron chi connectivity index (χ4n) is 2.18. The van der Waals surface area contributed by atoms with Crippen molar-refractivity contribution >= 4 is 23.3 Å². The van der Waals surface area contributed by atoms with Gasteiger partial charge in [0.2, 0.25) is 0 Å². The number of hydrogen-bond donors (Lipinski definition) is 2. The van der Waals surface area contributed by atoms with Gasteiger partial charge in [0, 0.05) is 37.0 Å². The van der Waals surface area contributed by atoms with Crippen LogP contribution in [-0.2, 0) is 9.53 Å². The smallest absolute Gasteiger partial charge is 0.356 e. The molecule has 0 saturated heterocycles. The van der Waals surface area contributed by atoms with Crippen LogP contribution in [0, 0.1) is 0 Å². The molecule has 0 fully saturated rings. The maximum Gasteiger partial charge on any atom is 0.356 e. The molecule has 0 saturated carbocycles. The van der Waals surface area contributed by atoms with Gasteiger partial charge in [-0.1, -0.05) is 18.2 Å². The van der Waals surface area contributed by atoms with Crippen LogP contribution in [0.2, 0.25) is 0 Å². The first-order valence-electron chi connectivity index (χ1n) is 8.15. The van der Waals surface area contributed by atoms with Crippen molar-refractivity contribution < 1.29 is 19.1 Å². The molecule has 2 rings (SSSR count). The molecule has 0 bridgehead atoms. The largest absolute Gasteiger partial charge is 0.464 e. The molecule has 7 nitrogen and oxygen atoms in total. The topological polar surface area (TPSA) is 87.7 Å². The van der Waals surface area contributed by atoms with Gasteiger partial charge in [-0.15, -0.1) is 0 Å². The summed E-state index contributed by atoms with van der Waals surface area (Å²) in [5, 5.41) is 0. The zero-order valence-corrected chi connectivity index (χ0v) is 15.4. The summed E-state index contributed by atoms with van der Waals surface area (Å²) in [5.74, 6) is -1.63. The Morgan fingerprint density at radius 3 is 2.07 bits per heavy atom. The number of ketones is 1. The van der Waals surface area contributed by atoms with E-state index in [9.17, 15) is 14.4 Å². The third-order valence-corrected chi connectivity index (χ3v) is 3.70. The van der Waals surface area contributed by atoms with Gasteiger partial charge in [-0.2, -0.15) is 0 Å². The van der Waals surface area contributed by atoms with Crippen molar-refractivity contribution in [3.63, 3.8) is 0 Å². The maximum absolute atomic E-state index is 12.4. The van der Waals surface area contributed by atoms with Gasteiger partial charge < -0.3 is 9.64 Å². The number of anilines is 1. The van der Waals surface area contributed by atoms with E-state index < -0.39 is 17.7 Å². The lowest BCUT2D eigenvalue weighted by Crippen LogP contribution is -2.39. The summed E-state index contributed by atoms with van der Waals surface area (Å²) in [7, 11) is 4.98. The molecule has 140 valence electrons. The van der Waals surface area contributed by atoms with E-state index in [0.29, 0.717) is 11.1 Å². The first-order valence-corrected chi connectivity index (χ1v) is 8.15. The van der Waals surface area contributed by atoms with Gasteiger partial charge in [0.1, 0.15) is 5.70 Å². The van der Waals surface area contributed by atoms with Crippen LogP contribution < -0.4 is 15.8 Å². The number of methoxy groups -OCH3 is 1. The zero-order valence-electron chi connectivity index (χ0n) is 15.4. The molecule has 0 heterocycles. The Labute approximate surface area is 157 Å². The summed E-state index contributed by atoms with van der Waals surface area (Å²) in [5.41, 5.74) is 6.40. The van der Waals surface area contributed by atoms with Crippen molar-refractivity contribution in [2.45, 2.75) is 0 Å². The highest BCUT2D eigenvalue weighted by atomic mass is 16.5. The lowest BCUT2D eigenvalue weighted by Gasteiger charge is -2.12. The molecule has 2 aromatic carbocycles. The second-order valence-corrected chi connectivity index (χ2v) is 5.80. The predicted molar refractivity (Wildman–Crippen MR) is 102 cm³/mol. The normalized spacial score (nSPS) is 10.7. The van der Waals surface area contributed by atoms with E-state index >= 15 is 0 Å². The van der Waals surface area contributed by atoms with Crippen molar-refractivity contribution in [2.75, 3.05) is 26.1 Å². The fraction of sp³-hybridized carbons (Fsp3) is 0.150. The minimum atomic E-state index is -0.776. The number of amides is 1. The molecule has 0 unspecified atom stereocenters. The molecule has 27 heavy (non-hydrogen) atoms. The van der Waals surface area contributed by atoms with E-state index in [1.165, 1.54) is 7.11 Å². The van der Waals surface area contributed by atoms with Crippen LogP contribution in [0.3, 0.4) is 0 Å². The molecule has 0 aliphatic heterocycles. The van der Waals surface area contributed by atoms with E-state index in [4.69, 9.17) is 0 Å². The van der Waals surface area contributed by atoms with Gasteiger partial charge in [-0.25, -0.2) is 4.79 Å². The third kappa shape index (κ3) is 5.43. The van der Waals surface area contributed by atoms with E-state index in [0.717, 1.165) is 11.8 Å². The van der Waals surface area contributed by atoms with Gasteiger partial charge >= 0.3 is 5.97 Å². The Bertz CT molecular complexity index is 843. The first kappa shape index (κ1) is 19.7. The van der Waals surface area contributed by atoms with Crippen LogP contribution in [0.1, 0.15) is 20.7 Å². The molecule has 0 atom stereocenters. The summed E-state index contributed by atoms with van der Waals surface area (Å²) in [4.78, 5) is 38.3. The molecule has 2 aromatic rings. The molecular weight excluding hydrogens is 346 g/mol. The number of hydrazine groups is 1. The lowest BCUT2D eigenvalue weighted by molar-refractivity contribution is -0.136. The number of carbonyl (C=O) groups excluding carboxylic acids is 3. The number of rotatable bonds is 7. The Morgan fingerprint density at radius 1 is 0.889 bits per heavy atom. The summed E-state index contributed by atoms with van der Waals surface area (Å²) in [6, 6.07) is 15.4. The van der Waals surface area contributed by atoms with Gasteiger partial charge in [0.05, 0.1) is 7.11 Å². The zero-order chi connectivity index (χ0) is 19.8. The van der Waals surface area contributed by atoms with Crippen LogP contribution in [0.15, 0.2) is 66.4 Å². The van der Waals surface area contributed by atoms with Crippen LogP contribution in [0.25, 0.3) is 0 Å². The minimum Gasteiger partial charge on any atom is -0.464 e. The average molecular weight is 367 g/mol. The summed E-state index contributed by atoms with van der Waals surface area (Å²) >= 11 is 0. The molecule has 0 aliphatic carbocycles. The Balaban J connectivity index is 2.13. The monoisotopic (exact) mass is 367 g/mol. The van der Waals surface area contributed by atoms with Crippen LogP contribution >= 0.6 is 0 Å². The molecule has 1 amide bonds. The third-order valence-electron chi connectivity index (χ3n) is 3.70. The van der Waals surface area contributed by atoms with Crippen molar-refractivity contribution in [1.82, 2.24) is 10.9 Å². The molecule has 0 aliphatic rings. The SMILES string of the molecule is COC(=O)/C(=C\C(=O)c1ccc(N(C)C)cc1)NNC(=O)c1ccccc1. The molecule has 7 heteroatoms. The number of allylic oxidation sites excluding steroid dienone is 1. The fourth-order valence-corrected chi connectivity index (χ4v) is 2.18. The average Bonchev–Trinajstić information content (AvgIpc) is 2.70.